The van der Waals surface area contributed by atoms with E-state index < -0.39 is 11.0 Å². The second-order valence-electron chi connectivity index (χ2n) is 8.24. The minimum atomic E-state index is -0.615. The summed E-state index contributed by atoms with van der Waals surface area (Å²) < 4.78 is 6.11. The first-order valence-corrected chi connectivity index (χ1v) is 9.15. The maximum atomic E-state index is 12.8. The molecule has 0 saturated carbocycles. The Morgan fingerprint density at radius 2 is 1.44 bits per heavy atom. The maximum Gasteiger partial charge on any atom is 0.312 e. The van der Waals surface area contributed by atoms with Crippen LogP contribution < -0.4 is 0 Å². The molecule has 0 fully saturated rings. The molecule has 0 spiro atoms. The van der Waals surface area contributed by atoms with Crippen LogP contribution >= 0.6 is 0 Å². The zero-order valence-corrected chi connectivity index (χ0v) is 15.9. The molecule has 25 heavy (non-hydrogen) atoms. The van der Waals surface area contributed by atoms with E-state index in [1.165, 1.54) is 22.3 Å². The van der Waals surface area contributed by atoms with E-state index in [0.29, 0.717) is 0 Å². The number of benzene rings is 2. The van der Waals surface area contributed by atoms with Gasteiger partial charge in [-0.05, 0) is 62.8 Å². The highest BCUT2D eigenvalue weighted by atomic mass is 16.6. The van der Waals surface area contributed by atoms with Crippen molar-refractivity contribution in [3.05, 3.63) is 70.8 Å². The third kappa shape index (κ3) is 3.22. The minimum Gasteiger partial charge on any atom is -0.458 e. The Morgan fingerprint density at radius 1 is 0.960 bits per heavy atom. The third-order valence-electron chi connectivity index (χ3n) is 5.60. The van der Waals surface area contributed by atoms with Gasteiger partial charge in [0.1, 0.15) is 5.60 Å². The van der Waals surface area contributed by atoms with Crippen LogP contribution in [0.15, 0.2) is 48.5 Å². The minimum absolute atomic E-state index is 0.0465. The monoisotopic (exact) mass is 336 g/mol. The van der Waals surface area contributed by atoms with Gasteiger partial charge >= 0.3 is 5.97 Å². The average Bonchev–Trinajstić information content (AvgIpc) is 2.58. The van der Waals surface area contributed by atoms with Crippen molar-refractivity contribution in [3.63, 3.8) is 0 Å². The van der Waals surface area contributed by atoms with Gasteiger partial charge in [-0.3, -0.25) is 4.79 Å². The molecule has 0 radical (unpaired) electrons. The van der Waals surface area contributed by atoms with Gasteiger partial charge in [0.05, 0.1) is 5.41 Å². The molecule has 0 aromatic heterocycles. The number of hydrogen-bond acceptors (Lipinski definition) is 2. The SMILES string of the molecule is CCC(C)(C)C(=O)OC(C)(C)C1c2ccccc2Cc2ccccc21. The predicted octanol–water partition coefficient (Wildman–Crippen LogP) is 5.48. The summed E-state index contributed by atoms with van der Waals surface area (Å²) in [6.07, 6.45) is 1.70. The van der Waals surface area contributed by atoms with E-state index >= 15 is 0 Å². The lowest BCUT2D eigenvalue weighted by Crippen LogP contribution is -2.41. The van der Waals surface area contributed by atoms with Crippen LogP contribution in [0, 0.1) is 5.41 Å². The summed E-state index contributed by atoms with van der Waals surface area (Å²) in [7, 11) is 0. The number of rotatable bonds is 4. The number of esters is 1. The number of fused-ring (bicyclic) bond motifs is 2. The summed E-state index contributed by atoms with van der Waals surface area (Å²) in [6.45, 7) is 10.0. The number of carbonyl (C=O) groups is 1. The lowest BCUT2D eigenvalue weighted by atomic mass is 9.71. The average molecular weight is 336 g/mol. The van der Waals surface area contributed by atoms with E-state index in [2.05, 4.69) is 48.5 Å². The van der Waals surface area contributed by atoms with E-state index in [-0.39, 0.29) is 11.9 Å². The first-order chi connectivity index (χ1) is 11.8. The van der Waals surface area contributed by atoms with Crippen LogP contribution in [0.1, 0.15) is 69.2 Å². The van der Waals surface area contributed by atoms with E-state index in [9.17, 15) is 4.79 Å². The molecule has 3 rings (SSSR count). The van der Waals surface area contributed by atoms with Crippen LogP contribution in [0.3, 0.4) is 0 Å². The fraction of sp³-hybridized carbons (Fsp3) is 0.435. The van der Waals surface area contributed by atoms with E-state index in [1.54, 1.807) is 0 Å². The van der Waals surface area contributed by atoms with Crippen molar-refractivity contribution in [3.8, 4) is 0 Å². The molecule has 0 saturated heterocycles. The summed E-state index contributed by atoms with van der Waals surface area (Å²) >= 11 is 0. The van der Waals surface area contributed by atoms with Gasteiger partial charge in [0.2, 0.25) is 0 Å². The molecular formula is C23H28O2. The number of carbonyl (C=O) groups excluding carboxylic acids is 1. The molecular weight excluding hydrogens is 308 g/mol. The second-order valence-corrected chi connectivity index (χ2v) is 8.24. The van der Waals surface area contributed by atoms with Crippen molar-refractivity contribution in [1.82, 2.24) is 0 Å². The van der Waals surface area contributed by atoms with Crippen molar-refractivity contribution in [2.24, 2.45) is 5.41 Å². The summed E-state index contributed by atoms with van der Waals surface area (Å²) in [5, 5.41) is 0. The Bertz CT molecular complexity index is 741. The molecule has 0 bridgehead atoms. The number of hydrogen-bond donors (Lipinski definition) is 0. The van der Waals surface area contributed by atoms with E-state index in [1.807, 2.05) is 34.6 Å². The Labute approximate surface area is 151 Å². The lowest BCUT2D eigenvalue weighted by Gasteiger charge is -2.40. The first-order valence-electron chi connectivity index (χ1n) is 9.15. The summed E-state index contributed by atoms with van der Waals surface area (Å²) in [6, 6.07) is 17.1. The summed E-state index contributed by atoms with van der Waals surface area (Å²) in [5.74, 6) is -0.0780. The van der Waals surface area contributed by atoms with Crippen LogP contribution in [0.2, 0.25) is 0 Å². The molecule has 2 nitrogen and oxygen atoms in total. The molecule has 1 aliphatic rings. The van der Waals surface area contributed by atoms with E-state index in [0.717, 1.165) is 12.8 Å². The highest BCUT2D eigenvalue weighted by molar-refractivity contribution is 5.76. The fourth-order valence-corrected chi connectivity index (χ4v) is 3.66. The van der Waals surface area contributed by atoms with E-state index in [4.69, 9.17) is 4.74 Å². The normalized spacial score (nSPS) is 14.6. The predicted molar refractivity (Wildman–Crippen MR) is 102 cm³/mol. The fourth-order valence-electron chi connectivity index (χ4n) is 3.66. The van der Waals surface area contributed by atoms with Crippen LogP contribution in [0.25, 0.3) is 0 Å². The maximum absolute atomic E-state index is 12.8. The van der Waals surface area contributed by atoms with Crippen LogP contribution in [0.5, 0.6) is 0 Å². The van der Waals surface area contributed by atoms with Gasteiger partial charge in [0.25, 0.3) is 0 Å². The summed E-state index contributed by atoms with van der Waals surface area (Å²) in [4.78, 5) is 12.8. The van der Waals surface area contributed by atoms with Gasteiger partial charge < -0.3 is 4.74 Å². The Morgan fingerprint density at radius 3 is 1.92 bits per heavy atom. The van der Waals surface area contributed by atoms with Crippen molar-refractivity contribution in [1.29, 1.82) is 0 Å². The quantitative estimate of drug-likeness (QED) is 0.691. The standard InChI is InChI=1S/C23H28O2/c1-6-22(2,3)21(24)25-23(4,5)20-18-13-9-7-11-16(18)15-17-12-8-10-14-19(17)20/h7-14,20H,6,15H2,1-5H3. The molecule has 132 valence electrons. The zero-order chi connectivity index (χ0) is 18.2. The smallest absolute Gasteiger partial charge is 0.312 e. The molecule has 0 N–H and O–H groups in total. The Hall–Kier alpha value is -2.09. The third-order valence-corrected chi connectivity index (χ3v) is 5.60. The van der Waals surface area contributed by atoms with Crippen LogP contribution in [-0.2, 0) is 16.0 Å². The first kappa shape index (κ1) is 17.7. The Balaban J connectivity index is 2.05. The van der Waals surface area contributed by atoms with Crippen molar-refractivity contribution < 1.29 is 9.53 Å². The van der Waals surface area contributed by atoms with Crippen molar-refractivity contribution >= 4 is 5.97 Å². The van der Waals surface area contributed by atoms with Crippen LogP contribution in [0.4, 0.5) is 0 Å². The van der Waals surface area contributed by atoms with Crippen molar-refractivity contribution in [2.75, 3.05) is 0 Å². The topological polar surface area (TPSA) is 26.3 Å². The molecule has 0 amide bonds. The zero-order valence-electron chi connectivity index (χ0n) is 15.9. The highest BCUT2D eigenvalue weighted by Crippen LogP contribution is 2.45. The molecule has 1 aliphatic carbocycles. The van der Waals surface area contributed by atoms with Crippen LogP contribution in [-0.4, -0.2) is 11.6 Å². The molecule has 0 unspecified atom stereocenters. The lowest BCUT2D eigenvalue weighted by molar-refractivity contribution is -0.168. The summed E-state index contributed by atoms with van der Waals surface area (Å²) in [5.41, 5.74) is 4.11. The Kier molecular flexibility index (Phi) is 4.49. The van der Waals surface area contributed by atoms with Gasteiger partial charge in [-0.1, -0.05) is 55.5 Å². The molecule has 0 aliphatic heterocycles. The molecule has 2 aromatic carbocycles. The van der Waals surface area contributed by atoms with Gasteiger partial charge in [-0.15, -0.1) is 0 Å². The van der Waals surface area contributed by atoms with Gasteiger partial charge in [0.15, 0.2) is 0 Å². The number of ether oxygens (including phenoxy) is 1. The van der Waals surface area contributed by atoms with Gasteiger partial charge in [0, 0.05) is 5.92 Å². The molecule has 0 atom stereocenters. The highest BCUT2D eigenvalue weighted by Gasteiger charge is 2.42. The van der Waals surface area contributed by atoms with Gasteiger partial charge in [-0.25, -0.2) is 0 Å². The largest absolute Gasteiger partial charge is 0.458 e. The molecule has 0 heterocycles. The molecule has 2 heteroatoms. The molecule has 2 aromatic rings. The second kappa shape index (κ2) is 6.33. The van der Waals surface area contributed by atoms with Gasteiger partial charge in [-0.2, -0.15) is 0 Å². The van der Waals surface area contributed by atoms with Crippen molar-refractivity contribution in [2.45, 2.75) is 59.0 Å².